The number of piperidine rings is 1. The van der Waals surface area contributed by atoms with Crippen LogP contribution in [0.25, 0.3) is 11.0 Å². The highest BCUT2D eigenvalue weighted by atomic mass is 32.2. The number of para-hydroxylation sites is 1. The zero-order valence-electron chi connectivity index (χ0n) is 11.5. The highest BCUT2D eigenvalue weighted by Gasteiger charge is 2.18. The van der Waals surface area contributed by atoms with Gasteiger partial charge in [-0.15, -0.1) is 0 Å². The van der Waals surface area contributed by atoms with E-state index < -0.39 is 9.84 Å². The van der Waals surface area contributed by atoms with Crippen LogP contribution in [0.2, 0.25) is 0 Å². The lowest BCUT2D eigenvalue weighted by atomic mass is 9.94. The summed E-state index contributed by atoms with van der Waals surface area (Å²) in [6.45, 7) is 2.11. The Bertz CT molecular complexity index is 715. The smallest absolute Gasteiger partial charge is 0.177 e. The van der Waals surface area contributed by atoms with E-state index in [9.17, 15) is 8.42 Å². The number of fused-ring (bicyclic) bond motifs is 1. The molecule has 1 saturated heterocycles. The molecule has 0 aliphatic carbocycles. The SMILES string of the molecule is CS(=O)(=O)c1cccc2[nH]c(CC3CCNCC3)nc12. The molecule has 1 aliphatic rings. The first kappa shape index (κ1) is 13.6. The first-order valence-corrected chi connectivity index (χ1v) is 8.81. The second kappa shape index (κ2) is 5.18. The first-order chi connectivity index (χ1) is 9.54. The largest absolute Gasteiger partial charge is 0.342 e. The van der Waals surface area contributed by atoms with Crippen molar-refractivity contribution in [3.05, 3.63) is 24.0 Å². The molecule has 6 heteroatoms. The van der Waals surface area contributed by atoms with Crippen molar-refractivity contribution in [1.29, 1.82) is 0 Å². The van der Waals surface area contributed by atoms with Gasteiger partial charge in [0.05, 0.1) is 10.4 Å². The van der Waals surface area contributed by atoms with Gasteiger partial charge in [-0.2, -0.15) is 0 Å². The number of sulfone groups is 1. The van der Waals surface area contributed by atoms with Crippen LogP contribution in [-0.2, 0) is 16.3 Å². The fourth-order valence-electron chi connectivity index (χ4n) is 2.81. The molecule has 1 aliphatic heterocycles. The maximum absolute atomic E-state index is 11.8. The molecule has 0 radical (unpaired) electrons. The third-order valence-electron chi connectivity index (χ3n) is 3.86. The molecule has 0 saturated carbocycles. The van der Waals surface area contributed by atoms with E-state index in [1.165, 1.54) is 6.26 Å². The van der Waals surface area contributed by atoms with Crippen molar-refractivity contribution in [2.75, 3.05) is 19.3 Å². The van der Waals surface area contributed by atoms with Gasteiger partial charge in [-0.1, -0.05) is 6.07 Å². The molecular formula is C14H19N3O2S. The van der Waals surface area contributed by atoms with E-state index in [1.807, 2.05) is 6.07 Å². The van der Waals surface area contributed by atoms with Crippen molar-refractivity contribution in [3.8, 4) is 0 Å². The van der Waals surface area contributed by atoms with Crippen LogP contribution in [0, 0.1) is 5.92 Å². The molecule has 1 aromatic heterocycles. The quantitative estimate of drug-likeness (QED) is 0.899. The molecule has 1 aromatic carbocycles. The molecule has 3 rings (SSSR count). The van der Waals surface area contributed by atoms with E-state index in [4.69, 9.17) is 0 Å². The average Bonchev–Trinajstić information content (AvgIpc) is 2.80. The van der Waals surface area contributed by atoms with Crippen molar-refractivity contribution < 1.29 is 8.42 Å². The van der Waals surface area contributed by atoms with Crippen molar-refractivity contribution >= 4 is 20.9 Å². The van der Waals surface area contributed by atoms with E-state index in [0.29, 0.717) is 16.3 Å². The summed E-state index contributed by atoms with van der Waals surface area (Å²) in [5.74, 6) is 1.52. The Morgan fingerprint density at radius 3 is 2.75 bits per heavy atom. The van der Waals surface area contributed by atoms with Gasteiger partial charge < -0.3 is 10.3 Å². The van der Waals surface area contributed by atoms with Gasteiger partial charge in [-0.3, -0.25) is 0 Å². The molecule has 2 aromatic rings. The number of nitrogens with zero attached hydrogens (tertiary/aromatic N) is 1. The topological polar surface area (TPSA) is 74.8 Å². The summed E-state index contributed by atoms with van der Waals surface area (Å²) < 4.78 is 23.6. The third-order valence-corrected chi connectivity index (χ3v) is 4.99. The molecule has 0 amide bonds. The Hall–Kier alpha value is -1.40. The van der Waals surface area contributed by atoms with E-state index in [1.54, 1.807) is 12.1 Å². The second-order valence-corrected chi connectivity index (χ2v) is 7.49. The summed E-state index contributed by atoms with van der Waals surface area (Å²) in [7, 11) is -3.24. The van der Waals surface area contributed by atoms with Crippen LogP contribution >= 0.6 is 0 Å². The number of imidazole rings is 1. The Morgan fingerprint density at radius 2 is 2.05 bits per heavy atom. The van der Waals surface area contributed by atoms with E-state index >= 15 is 0 Å². The van der Waals surface area contributed by atoms with Crippen LogP contribution in [0.5, 0.6) is 0 Å². The fraction of sp³-hybridized carbons (Fsp3) is 0.500. The third kappa shape index (κ3) is 2.71. The maximum atomic E-state index is 11.8. The van der Waals surface area contributed by atoms with Crippen molar-refractivity contribution in [1.82, 2.24) is 15.3 Å². The second-order valence-electron chi connectivity index (χ2n) is 5.51. The minimum atomic E-state index is -3.24. The average molecular weight is 293 g/mol. The first-order valence-electron chi connectivity index (χ1n) is 6.92. The molecule has 20 heavy (non-hydrogen) atoms. The Kier molecular flexibility index (Phi) is 3.52. The molecule has 0 spiro atoms. The Balaban J connectivity index is 1.94. The standard InChI is InChI=1S/C14H19N3O2S/c1-20(18,19)12-4-2-3-11-14(12)17-13(16-11)9-10-5-7-15-8-6-10/h2-4,10,15H,5-9H2,1H3,(H,16,17). The van der Waals surface area contributed by atoms with Crippen LogP contribution in [0.3, 0.4) is 0 Å². The lowest BCUT2D eigenvalue weighted by Crippen LogP contribution is -2.28. The minimum Gasteiger partial charge on any atom is -0.342 e. The van der Waals surface area contributed by atoms with Gasteiger partial charge >= 0.3 is 0 Å². The van der Waals surface area contributed by atoms with Gasteiger partial charge in [0.15, 0.2) is 9.84 Å². The fourth-order valence-corrected chi connectivity index (χ4v) is 3.64. The number of aromatic nitrogens is 2. The zero-order chi connectivity index (χ0) is 14.2. The van der Waals surface area contributed by atoms with Crippen molar-refractivity contribution in [2.45, 2.75) is 24.2 Å². The predicted molar refractivity (Wildman–Crippen MR) is 78.5 cm³/mol. The van der Waals surface area contributed by atoms with Crippen LogP contribution in [0.1, 0.15) is 18.7 Å². The molecule has 1 fully saturated rings. The molecule has 0 bridgehead atoms. The van der Waals surface area contributed by atoms with E-state index in [0.717, 1.165) is 43.7 Å². The zero-order valence-corrected chi connectivity index (χ0v) is 12.3. The van der Waals surface area contributed by atoms with Crippen LogP contribution in [0.4, 0.5) is 0 Å². The van der Waals surface area contributed by atoms with E-state index in [2.05, 4.69) is 15.3 Å². The number of aromatic amines is 1. The van der Waals surface area contributed by atoms with Gasteiger partial charge in [-0.05, 0) is 44.0 Å². The van der Waals surface area contributed by atoms with Crippen LogP contribution in [-0.4, -0.2) is 37.7 Å². The highest BCUT2D eigenvalue weighted by Crippen LogP contribution is 2.23. The molecule has 2 N–H and O–H groups in total. The number of hydrogen-bond acceptors (Lipinski definition) is 4. The maximum Gasteiger partial charge on any atom is 0.177 e. The molecule has 108 valence electrons. The Morgan fingerprint density at radius 1 is 1.30 bits per heavy atom. The summed E-state index contributed by atoms with van der Waals surface area (Å²) >= 11 is 0. The van der Waals surface area contributed by atoms with Crippen molar-refractivity contribution in [2.24, 2.45) is 5.92 Å². The van der Waals surface area contributed by atoms with Crippen molar-refractivity contribution in [3.63, 3.8) is 0 Å². The van der Waals surface area contributed by atoms with Crippen LogP contribution < -0.4 is 5.32 Å². The molecular weight excluding hydrogens is 274 g/mol. The molecule has 5 nitrogen and oxygen atoms in total. The predicted octanol–water partition coefficient (Wildman–Crippen LogP) is 1.51. The lowest BCUT2D eigenvalue weighted by Gasteiger charge is -2.21. The lowest BCUT2D eigenvalue weighted by molar-refractivity contribution is 0.368. The Labute approximate surface area is 118 Å². The summed E-state index contributed by atoms with van der Waals surface area (Å²) in [6.07, 6.45) is 4.41. The number of H-pyrrole nitrogens is 1. The highest BCUT2D eigenvalue weighted by molar-refractivity contribution is 7.91. The van der Waals surface area contributed by atoms with Gasteiger partial charge in [0.1, 0.15) is 11.3 Å². The van der Waals surface area contributed by atoms with Gasteiger partial charge in [0.25, 0.3) is 0 Å². The van der Waals surface area contributed by atoms with E-state index in [-0.39, 0.29) is 0 Å². The number of rotatable bonds is 3. The number of hydrogen-bond donors (Lipinski definition) is 2. The van der Waals surface area contributed by atoms with Gasteiger partial charge in [0, 0.05) is 12.7 Å². The normalized spacial score (nSPS) is 17.6. The molecule has 0 atom stereocenters. The number of nitrogens with one attached hydrogen (secondary N) is 2. The monoisotopic (exact) mass is 293 g/mol. The summed E-state index contributed by atoms with van der Waals surface area (Å²) in [4.78, 5) is 8.09. The molecule has 0 unspecified atom stereocenters. The summed E-state index contributed by atoms with van der Waals surface area (Å²) in [5, 5.41) is 3.35. The van der Waals surface area contributed by atoms with Gasteiger partial charge in [0.2, 0.25) is 0 Å². The molecule has 2 heterocycles. The van der Waals surface area contributed by atoms with Gasteiger partial charge in [-0.25, -0.2) is 13.4 Å². The van der Waals surface area contributed by atoms with Crippen LogP contribution in [0.15, 0.2) is 23.1 Å². The minimum absolute atomic E-state index is 0.308. The number of benzene rings is 1. The summed E-state index contributed by atoms with van der Waals surface area (Å²) in [5.41, 5.74) is 1.37. The summed E-state index contributed by atoms with van der Waals surface area (Å²) in [6, 6.07) is 5.25.